The summed E-state index contributed by atoms with van der Waals surface area (Å²) < 4.78 is 11.3. The molecule has 3 aromatic rings. The molecule has 5 heteroatoms. The zero-order valence-corrected chi connectivity index (χ0v) is 13.2. The molecule has 1 heterocycles. The molecule has 0 bridgehead atoms. The van der Waals surface area contributed by atoms with Crippen LogP contribution in [0, 0.1) is 6.92 Å². The molecule has 1 aromatic heterocycles. The number of carbonyl (C=O) groups is 1. The van der Waals surface area contributed by atoms with Gasteiger partial charge in [0.05, 0.1) is 0 Å². The van der Waals surface area contributed by atoms with Crippen molar-refractivity contribution in [2.24, 2.45) is 0 Å². The summed E-state index contributed by atoms with van der Waals surface area (Å²) in [6.07, 6.45) is 0. The minimum atomic E-state index is -0.735. The van der Waals surface area contributed by atoms with Crippen molar-refractivity contribution < 1.29 is 13.9 Å². The normalized spacial score (nSPS) is 10.6. The van der Waals surface area contributed by atoms with Gasteiger partial charge in [-0.05, 0) is 42.8 Å². The Hall–Kier alpha value is -2.40. The van der Waals surface area contributed by atoms with Crippen LogP contribution < -0.4 is 10.4 Å². The number of para-hydroxylation sites is 1. The molecule has 110 valence electrons. The molecule has 0 aliphatic heterocycles. The van der Waals surface area contributed by atoms with E-state index in [0.717, 1.165) is 10.0 Å². The summed E-state index contributed by atoms with van der Waals surface area (Å²) in [6, 6.07) is 13.6. The highest BCUT2D eigenvalue weighted by Crippen LogP contribution is 2.22. The van der Waals surface area contributed by atoms with E-state index in [9.17, 15) is 9.59 Å². The van der Waals surface area contributed by atoms with Crippen molar-refractivity contribution in [3.05, 3.63) is 74.6 Å². The molecule has 0 spiro atoms. The molecule has 0 fully saturated rings. The number of ether oxygens (including phenoxy) is 1. The van der Waals surface area contributed by atoms with Crippen LogP contribution in [0.15, 0.2) is 62.2 Å². The van der Waals surface area contributed by atoms with Gasteiger partial charge in [0.15, 0.2) is 0 Å². The van der Waals surface area contributed by atoms with Gasteiger partial charge >= 0.3 is 11.6 Å². The second-order valence-electron chi connectivity index (χ2n) is 4.79. The first-order chi connectivity index (χ1) is 10.5. The maximum Gasteiger partial charge on any atom is 0.351 e. The molecule has 0 atom stereocenters. The van der Waals surface area contributed by atoms with Crippen LogP contribution in [0.2, 0.25) is 0 Å². The smallest absolute Gasteiger partial charge is 0.351 e. The fourth-order valence-corrected chi connectivity index (χ4v) is 2.29. The molecular weight excluding hydrogens is 348 g/mol. The summed E-state index contributed by atoms with van der Waals surface area (Å²) in [7, 11) is 0. The third-order valence-corrected chi connectivity index (χ3v) is 4.09. The minimum absolute atomic E-state index is 0.126. The van der Waals surface area contributed by atoms with Gasteiger partial charge in [-0.1, -0.05) is 34.1 Å². The number of rotatable bonds is 2. The second kappa shape index (κ2) is 5.77. The van der Waals surface area contributed by atoms with E-state index in [4.69, 9.17) is 9.15 Å². The Morgan fingerprint density at radius 2 is 1.91 bits per heavy atom. The van der Waals surface area contributed by atoms with Crippen molar-refractivity contribution in [1.29, 1.82) is 0 Å². The number of esters is 1. The summed E-state index contributed by atoms with van der Waals surface area (Å²) in [6.45, 7) is 1.88. The van der Waals surface area contributed by atoms with Crippen molar-refractivity contribution in [3.63, 3.8) is 0 Å². The highest BCUT2D eigenvalue weighted by Gasteiger charge is 2.16. The largest absolute Gasteiger partial charge is 0.423 e. The molecule has 0 aliphatic rings. The van der Waals surface area contributed by atoms with E-state index in [1.54, 1.807) is 42.5 Å². The van der Waals surface area contributed by atoms with E-state index < -0.39 is 11.6 Å². The van der Waals surface area contributed by atoms with Gasteiger partial charge in [0.1, 0.15) is 16.9 Å². The quantitative estimate of drug-likeness (QED) is 0.393. The Balaban J connectivity index is 1.96. The van der Waals surface area contributed by atoms with Gasteiger partial charge in [-0.2, -0.15) is 0 Å². The van der Waals surface area contributed by atoms with Crippen LogP contribution in [0.1, 0.15) is 15.9 Å². The van der Waals surface area contributed by atoms with Gasteiger partial charge in [-0.3, -0.25) is 0 Å². The van der Waals surface area contributed by atoms with Crippen LogP contribution >= 0.6 is 15.9 Å². The molecule has 22 heavy (non-hydrogen) atoms. The van der Waals surface area contributed by atoms with Crippen molar-refractivity contribution in [2.75, 3.05) is 0 Å². The van der Waals surface area contributed by atoms with Gasteiger partial charge in [-0.15, -0.1) is 0 Å². The average Bonchev–Trinajstić information content (AvgIpc) is 2.50. The van der Waals surface area contributed by atoms with E-state index in [2.05, 4.69) is 15.9 Å². The average molecular weight is 359 g/mol. The molecule has 0 radical (unpaired) electrons. The first-order valence-electron chi connectivity index (χ1n) is 6.56. The van der Waals surface area contributed by atoms with Crippen molar-refractivity contribution >= 4 is 32.9 Å². The van der Waals surface area contributed by atoms with Crippen molar-refractivity contribution in [1.82, 2.24) is 0 Å². The van der Waals surface area contributed by atoms with Crippen molar-refractivity contribution in [3.8, 4) is 5.75 Å². The summed E-state index contributed by atoms with van der Waals surface area (Å²) in [4.78, 5) is 24.1. The van der Waals surface area contributed by atoms with Crippen molar-refractivity contribution in [2.45, 2.75) is 6.92 Å². The molecule has 0 amide bonds. The third-order valence-electron chi connectivity index (χ3n) is 3.20. The highest BCUT2D eigenvalue weighted by molar-refractivity contribution is 9.10. The third kappa shape index (κ3) is 2.80. The SMILES string of the molecule is Cc1cc(OC(=O)c2cc3ccccc3oc2=O)ccc1Br. The highest BCUT2D eigenvalue weighted by atomic mass is 79.9. The first kappa shape index (κ1) is 14.5. The molecule has 2 aromatic carbocycles. The topological polar surface area (TPSA) is 56.5 Å². The predicted octanol–water partition coefficient (Wildman–Crippen LogP) is 4.08. The Morgan fingerprint density at radius 1 is 1.14 bits per heavy atom. The summed E-state index contributed by atoms with van der Waals surface area (Å²) in [5, 5.41) is 0.668. The molecule has 0 saturated heterocycles. The van der Waals surface area contributed by atoms with Gasteiger partial charge in [0.2, 0.25) is 0 Å². The zero-order chi connectivity index (χ0) is 15.7. The lowest BCUT2D eigenvalue weighted by Crippen LogP contribution is -2.18. The monoisotopic (exact) mass is 358 g/mol. The minimum Gasteiger partial charge on any atom is -0.423 e. The van der Waals surface area contributed by atoms with E-state index >= 15 is 0 Å². The number of aryl methyl sites for hydroxylation is 1. The Kier molecular flexibility index (Phi) is 3.81. The second-order valence-corrected chi connectivity index (χ2v) is 5.64. The van der Waals surface area contributed by atoms with Gasteiger partial charge in [-0.25, -0.2) is 9.59 Å². The number of carbonyl (C=O) groups excluding carboxylic acids is 1. The van der Waals surface area contributed by atoms with Crippen LogP contribution in [-0.2, 0) is 0 Å². The van der Waals surface area contributed by atoms with E-state index in [-0.39, 0.29) is 5.56 Å². The molecular formula is C17H11BrO4. The summed E-state index contributed by atoms with van der Waals surface area (Å²) in [5.41, 5.74) is 0.524. The summed E-state index contributed by atoms with van der Waals surface area (Å²) in [5.74, 6) is -0.362. The lowest BCUT2D eigenvalue weighted by molar-refractivity contribution is 0.0730. The number of benzene rings is 2. The molecule has 0 N–H and O–H groups in total. The molecule has 4 nitrogen and oxygen atoms in total. The Labute approximate surface area is 134 Å². The standard InChI is InChI=1S/C17H11BrO4/c1-10-8-12(6-7-14(10)18)21-16(19)13-9-11-4-2-3-5-15(11)22-17(13)20/h2-9H,1H3. The van der Waals surface area contributed by atoms with Gasteiger partial charge in [0, 0.05) is 9.86 Å². The van der Waals surface area contributed by atoms with Crippen LogP contribution in [0.4, 0.5) is 0 Å². The number of fused-ring (bicyclic) bond motifs is 1. The molecule has 0 unspecified atom stereocenters. The van der Waals surface area contributed by atoms with E-state index in [1.807, 2.05) is 6.92 Å². The van der Waals surface area contributed by atoms with Gasteiger partial charge in [0.25, 0.3) is 0 Å². The molecule has 0 aliphatic carbocycles. The fourth-order valence-electron chi connectivity index (χ4n) is 2.05. The van der Waals surface area contributed by atoms with Gasteiger partial charge < -0.3 is 9.15 Å². The molecule has 3 rings (SSSR count). The molecule has 0 saturated carbocycles. The zero-order valence-electron chi connectivity index (χ0n) is 11.6. The lowest BCUT2D eigenvalue weighted by atomic mass is 10.2. The fraction of sp³-hybridized carbons (Fsp3) is 0.0588. The van der Waals surface area contributed by atoms with E-state index in [1.165, 1.54) is 6.07 Å². The van der Waals surface area contributed by atoms with E-state index in [0.29, 0.717) is 16.7 Å². The maximum absolute atomic E-state index is 12.2. The van der Waals surface area contributed by atoms with Crippen LogP contribution in [0.25, 0.3) is 11.0 Å². The lowest BCUT2D eigenvalue weighted by Gasteiger charge is -2.06. The number of halogens is 1. The first-order valence-corrected chi connectivity index (χ1v) is 7.35. The predicted molar refractivity (Wildman–Crippen MR) is 86.3 cm³/mol. The van der Waals surface area contributed by atoms with Crippen LogP contribution in [0.3, 0.4) is 0 Å². The number of hydrogen-bond acceptors (Lipinski definition) is 4. The number of hydrogen-bond donors (Lipinski definition) is 0. The summed E-state index contributed by atoms with van der Waals surface area (Å²) >= 11 is 3.37. The van der Waals surface area contributed by atoms with Crippen LogP contribution in [-0.4, -0.2) is 5.97 Å². The maximum atomic E-state index is 12.2. The van der Waals surface area contributed by atoms with Crippen LogP contribution in [0.5, 0.6) is 5.75 Å². The Bertz CT molecular complexity index is 927. The Morgan fingerprint density at radius 3 is 2.68 bits per heavy atom.